The minimum atomic E-state index is 0.154. The molecular formula is C17H32N2S. The summed E-state index contributed by atoms with van der Waals surface area (Å²) in [5, 5.41) is 7.22. The van der Waals surface area contributed by atoms with Gasteiger partial charge in [-0.3, -0.25) is 0 Å². The van der Waals surface area contributed by atoms with Crippen molar-refractivity contribution < 1.29 is 0 Å². The Hall–Kier alpha value is -0.410. The van der Waals surface area contributed by atoms with Crippen LogP contribution in [0.15, 0.2) is 5.38 Å². The van der Waals surface area contributed by atoms with E-state index in [1.165, 1.54) is 23.5 Å². The van der Waals surface area contributed by atoms with Gasteiger partial charge in [0.2, 0.25) is 0 Å². The average molecular weight is 297 g/mol. The Balaban J connectivity index is 2.82. The van der Waals surface area contributed by atoms with E-state index in [1.807, 2.05) is 11.3 Å². The number of aromatic nitrogens is 1. The van der Waals surface area contributed by atoms with Crippen molar-refractivity contribution in [2.45, 2.75) is 79.2 Å². The van der Waals surface area contributed by atoms with E-state index in [-0.39, 0.29) is 5.41 Å². The molecule has 3 heteroatoms. The molecule has 2 nitrogen and oxygen atoms in total. The minimum absolute atomic E-state index is 0.154. The number of hydrogen-bond donors (Lipinski definition) is 1. The maximum absolute atomic E-state index is 4.86. The second kappa shape index (κ2) is 7.04. The second-order valence-electron chi connectivity index (χ2n) is 7.43. The zero-order valence-electron chi connectivity index (χ0n) is 14.3. The number of nitrogens with zero attached hydrogens (tertiary/aromatic N) is 1. The number of rotatable bonds is 7. The molecule has 0 fully saturated rings. The summed E-state index contributed by atoms with van der Waals surface area (Å²) in [5.74, 6) is 0. The Bertz CT molecular complexity index is 401. The molecule has 0 aliphatic carbocycles. The number of nitrogens with one attached hydrogen (secondary N) is 1. The maximum Gasteiger partial charge on any atom is 0.0944 e. The van der Waals surface area contributed by atoms with Gasteiger partial charge in [0, 0.05) is 23.3 Å². The van der Waals surface area contributed by atoms with Gasteiger partial charge in [-0.15, -0.1) is 11.3 Å². The van der Waals surface area contributed by atoms with Gasteiger partial charge in [-0.25, -0.2) is 4.98 Å². The van der Waals surface area contributed by atoms with Crippen molar-refractivity contribution in [3.05, 3.63) is 16.1 Å². The van der Waals surface area contributed by atoms with Crippen LogP contribution in [-0.2, 0) is 11.8 Å². The topological polar surface area (TPSA) is 24.9 Å². The highest BCUT2D eigenvalue weighted by molar-refractivity contribution is 7.09. The van der Waals surface area contributed by atoms with E-state index in [2.05, 4.69) is 59.2 Å². The fraction of sp³-hybridized carbons (Fsp3) is 0.824. The third kappa shape index (κ3) is 4.85. The summed E-state index contributed by atoms with van der Waals surface area (Å²) in [6.45, 7) is 17.0. The van der Waals surface area contributed by atoms with Crippen LogP contribution in [0.5, 0.6) is 0 Å². The summed E-state index contributed by atoms with van der Waals surface area (Å²) in [7, 11) is 0. The lowest BCUT2D eigenvalue weighted by Gasteiger charge is -2.34. The van der Waals surface area contributed by atoms with Crippen molar-refractivity contribution in [1.82, 2.24) is 10.3 Å². The van der Waals surface area contributed by atoms with Crippen molar-refractivity contribution in [1.29, 1.82) is 0 Å². The highest BCUT2D eigenvalue weighted by Gasteiger charge is 2.28. The Kier molecular flexibility index (Phi) is 6.21. The number of thiazole rings is 1. The molecule has 1 N–H and O–H groups in total. The quantitative estimate of drug-likeness (QED) is 0.782. The molecule has 1 unspecified atom stereocenters. The Labute approximate surface area is 129 Å². The van der Waals surface area contributed by atoms with E-state index in [4.69, 9.17) is 4.98 Å². The van der Waals surface area contributed by atoms with E-state index in [9.17, 15) is 0 Å². The zero-order valence-corrected chi connectivity index (χ0v) is 15.2. The van der Waals surface area contributed by atoms with E-state index in [0.29, 0.717) is 11.5 Å². The van der Waals surface area contributed by atoms with Crippen molar-refractivity contribution in [3.63, 3.8) is 0 Å². The number of hydrogen-bond acceptors (Lipinski definition) is 3. The lowest BCUT2D eigenvalue weighted by molar-refractivity contribution is 0.230. The molecule has 1 heterocycles. The predicted octanol–water partition coefficient (Wildman–Crippen LogP) is 4.79. The molecule has 0 amide bonds. The standard InChI is InChI=1S/C17H32N2S/c1-8-10-18-13(17(6,7)9-2)11-15-19-14(12-20-15)16(3,4)5/h12-13,18H,8-11H2,1-7H3. The lowest BCUT2D eigenvalue weighted by Crippen LogP contribution is -2.43. The van der Waals surface area contributed by atoms with Gasteiger partial charge in [0.05, 0.1) is 10.7 Å². The first kappa shape index (κ1) is 17.6. The molecule has 0 saturated heterocycles. The highest BCUT2D eigenvalue weighted by Crippen LogP contribution is 2.30. The molecule has 0 bridgehead atoms. The molecular weight excluding hydrogens is 264 g/mol. The highest BCUT2D eigenvalue weighted by atomic mass is 32.1. The fourth-order valence-corrected chi connectivity index (χ4v) is 3.18. The molecule has 0 aliphatic rings. The van der Waals surface area contributed by atoms with Gasteiger partial charge >= 0.3 is 0 Å². The normalized spacial score (nSPS) is 14.6. The summed E-state index contributed by atoms with van der Waals surface area (Å²) in [6, 6.07) is 0.506. The molecule has 1 aromatic heterocycles. The minimum Gasteiger partial charge on any atom is -0.313 e. The van der Waals surface area contributed by atoms with Crippen LogP contribution in [0, 0.1) is 5.41 Å². The van der Waals surface area contributed by atoms with Gasteiger partial charge in [-0.1, -0.05) is 48.5 Å². The van der Waals surface area contributed by atoms with E-state index in [1.54, 1.807) is 0 Å². The van der Waals surface area contributed by atoms with Crippen LogP contribution in [0.2, 0.25) is 0 Å². The molecule has 0 radical (unpaired) electrons. The first-order valence-electron chi connectivity index (χ1n) is 7.89. The Morgan fingerprint density at radius 1 is 1.20 bits per heavy atom. The van der Waals surface area contributed by atoms with Crippen LogP contribution in [0.4, 0.5) is 0 Å². The summed E-state index contributed by atoms with van der Waals surface area (Å²) < 4.78 is 0. The average Bonchev–Trinajstić information content (AvgIpc) is 2.82. The third-order valence-corrected chi connectivity index (χ3v) is 5.07. The molecule has 0 spiro atoms. The predicted molar refractivity (Wildman–Crippen MR) is 90.7 cm³/mol. The smallest absolute Gasteiger partial charge is 0.0944 e. The van der Waals surface area contributed by atoms with Gasteiger partial charge < -0.3 is 5.32 Å². The van der Waals surface area contributed by atoms with Crippen molar-refractivity contribution >= 4 is 11.3 Å². The molecule has 1 rings (SSSR count). The maximum atomic E-state index is 4.86. The van der Waals surface area contributed by atoms with Gasteiger partial charge in [-0.05, 0) is 24.8 Å². The molecule has 0 aromatic carbocycles. The van der Waals surface area contributed by atoms with Crippen LogP contribution in [0.25, 0.3) is 0 Å². The Morgan fingerprint density at radius 3 is 2.30 bits per heavy atom. The van der Waals surface area contributed by atoms with Crippen LogP contribution in [-0.4, -0.2) is 17.6 Å². The summed E-state index contributed by atoms with van der Waals surface area (Å²) >= 11 is 1.81. The molecule has 20 heavy (non-hydrogen) atoms. The van der Waals surface area contributed by atoms with Crippen molar-refractivity contribution in [3.8, 4) is 0 Å². The van der Waals surface area contributed by atoms with Gasteiger partial charge in [-0.2, -0.15) is 0 Å². The molecule has 1 atom stereocenters. The summed E-state index contributed by atoms with van der Waals surface area (Å²) in [4.78, 5) is 4.86. The Morgan fingerprint density at radius 2 is 1.85 bits per heavy atom. The van der Waals surface area contributed by atoms with Crippen molar-refractivity contribution in [2.75, 3.05) is 6.54 Å². The van der Waals surface area contributed by atoms with Gasteiger partial charge in [0.25, 0.3) is 0 Å². The van der Waals surface area contributed by atoms with Gasteiger partial charge in [0.1, 0.15) is 0 Å². The summed E-state index contributed by atoms with van der Waals surface area (Å²) in [6.07, 6.45) is 3.41. The zero-order chi connectivity index (χ0) is 15.4. The fourth-order valence-electron chi connectivity index (χ4n) is 2.11. The molecule has 0 saturated carbocycles. The molecule has 0 aliphatic heterocycles. The van der Waals surface area contributed by atoms with Crippen LogP contribution in [0.1, 0.15) is 72.0 Å². The second-order valence-corrected chi connectivity index (χ2v) is 8.37. The SMILES string of the molecule is CCCNC(Cc1nc(C(C)(C)C)cs1)C(C)(C)CC. The van der Waals surface area contributed by atoms with E-state index >= 15 is 0 Å². The van der Waals surface area contributed by atoms with Crippen molar-refractivity contribution in [2.24, 2.45) is 5.41 Å². The van der Waals surface area contributed by atoms with E-state index in [0.717, 1.165) is 13.0 Å². The molecule has 1 aromatic rings. The largest absolute Gasteiger partial charge is 0.313 e. The van der Waals surface area contributed by atoms with Crippen LogP contribution < -0.4 is 5.32 Å². The monoisotopic (exact) mass is 296 g/mol. The van der Waals surface area contributed by atoms with E-state index < -0.39 is 0 Å². The van der Waals surface area contributed by atoms with Crippen LogP contribution >= 0.6 is 11.3 Å². The first-order chi connectivity index (χ1) is 9.20. The van der Waals surface area contributed by atoms with Gasteiger partial charge in [0.15, 0.2) is 0 Å². The third-order valence-electron chi connectivity index (χ3n) is 4.19. The van der Waals surface area contributed by atoms with Crippen LogP contribution in [0.3, 0.4) is 0 Å². The lowest BCUT2D eigenvalue weighted by atomic mass is 9.80. The summed E-state index contributed by atoms with van der Waals surface area (Å²) in [5.41, 5.74) is 1.69. The molecule has 116 valence electrons. The first-order valence-corrected chi connectivity index (χ1v) is 8.77.